The van der Waals surface area contributed by atoms with Crippen LogP contribution in [0, 0.1) is 6.92 Å². The molecule has 0 fully saturated rings. The molecule has 1 N–H and O–H groups in total. The van der Waals surface area contributed by atoms with Gasteiger partial charge in [-0.15, -0.1) is 4.40 Å². The van der Waals surface area contributed by atoms with E-state index in [1.54, 1.807) is 23.3 Å². The number of sulfonamides is 1. The van der Waals surface area contributed by atoms with E-state index >= 15 is 0 Å². The number of aromatic nitrogens is 1. The SMILES string of the molecule is Cc1ccc(CNC(=O)C2=CC=CN3CCS(=O)(=O)N=C23)n1C. The monoisotopic (exact) mass is 334 g/mol. The minimum atomic E-state index is -3.50. The van der Waals surface area contributed by atoms with E-state index in [9.17, 15) is 13.2 Å². The minimum absolute atomic E-state index is 0.0433. The van der Waals surface area contributed by atoms with Crippen LogP contribution in [0.2, 0.25) is 0 Å². The second-order valence-corrected chi connectivity index (χ2v) is 7.28. The maximum absolute atomic E-state index is 12.4. The highest BCUT2D eigenvalue weighted by atomic mass is 32.2. The summed E-state index contributed by atoms with van der Waals surface area (Å²) in [6, 6.07) is 3.92. The number of aryl methyl sites for hydroxylation is 1. The molecule has 8 heteroatoms. The van der Waals surface area contributed by atoms with Crippen molar-refractivity contribution in [2.45, 2.75) is 13.5 Å². The number of carbonyl (C=O) groups excluding carboxylic acids is 1. The van der Waals surface area contributed by atoms with Crippen molar-refractivity contribution >= 4 is 21.8 Å². The lowest BCUT2D eigenvalue weighted by Crippen LogP contribution is -2.42. The van der Waals surface area contributed by atoms with Gasteiger partial charge in [0.2, 0.25) is 0 Å². The van der Waals surface area contributed by atoms with Crippen molar-refractivity contribution in [3.8, 4) is 0 Å². The Balaban J connectivity index is 1.79. The average molecular weight is 334 g/mol. The summed E-state index contributed by atoms with van der Waals surface area (Å²) < 4.78 is 29.1. The molecule has 0 radical (unpaired) electrons. The highest BCUT2D eigenvalue weighted by molar-refractivity contribution is 7.90. The molecule has 2 aliphatic rings. The fourth-order valence-electron chi connectivity index (χ4n) is 2.50. The number of amidine groups is 1. The molecule has 7 nitrogen and oxygen atoms in total. The molecular weight excluding hydrogens is 316 g/mol. The molecule has 0 atom stereocenters. The highest BCUT2D eigenvalue weighted by Crippen LogP contribution is 2.18. The quantitative estimate of drug-likeness (QED) is 0.870. The van der Waals surface area contributed by atoms with E-state index in [1.165, 1.54) is 0 Å². The van der Waals surface area contributed by atoms with Gasteiger partial charge >= 0.3 is 0 Å². The van der Waals surface area contributed by atoms with Gasteiger partial charge in [-0.1, -0.05) is 0 Å². The zero-order valence-electron chi connectivity index (χ0n) is 13.0. The third kappa shape index (κ3) is 3.07. The van der Waals surface area contributed by atoms with E-state index in [0.717, 1.165) is 11.4 Å². The number of rotatable bonds is 3. The lowest BCUT2D eigenvalue weighted by molar-refractivity contribution is -0.117. The first-order chi connectivity index (χ1) is 10.9. The van der Waals surface area contributed by atoms with Crippen molar-refractivity contribution in [3.63, 3.8) is 0 Å². The van der Waals surface area contributed by atoms with Crippen molar-refractivity contribution in [1.82, 2.24) is 14.8 Å². The number of nitrogens with zero attached hydrogens (tertiary/aromatic N) is 3. The average Bonchev–Trinajstić information content (AvgIpc) is 2.83. The zero-order valence-corrected chi connectivity index (χ0v) is 13.8. The molecule has 3 rings (SSSR count). The van der Waals surface area contributed by atoms with Crippen molar-refractivity contribution in [3.05, 3.63) is 47.4 Å². The molecule has 23 heavy (non-hydrogen) atoms. The minimum Gasteiger partial charge on any atom is -0.350 e. The van der Waals surface area contributed by atoms with Crippen molar-refractivity contribution < 1.29 is 13.2 Å². The van der Waals surface area contributed by atoms with E-state index in [0.29, 0.717) is 13.1 Å². The predicted molar refractivity (Wildman–Crippen MR) is 87.1 cm³/mol. The molecule has 0 unspecified atom stereocenters. The normalized spacial score (nSPS) is 19.0. The van der Waals surface area contributed by atoms with Gasteiger partial charge < -0.3 is 14.8 Å². The van der Waals surface area contributed by atoms with Gasteiger partial charge in [0.05, 0.1) is 17.9 Å². The molecule has 0 aromatic carbocycles. The molecule has 2 aliphatic heterocycles. The topological polar surface area (TPSA) is 83.8 Å². The lowest BCUT2D eigenvalue weighted by Gasteiger charge is -2.28. The predicted octanol–water partition coefficient (Wildman–Crippen LogP) is 0.447. The van der Waals surface area contributed by atoms with E-state index in [1.807, 2.05) is 30.7 Å². The van der Waals surface area contributed by atoms with Gasteiger partial charge in [0.25, 0.3) is 15.9 Å². The molecule has 1 aromatic rings. The first kappa shape index (κ1) is 15.5. The molecule has 0 bridgehead atoms. The molecule has 122 valence electrons. The number of hydrogen-bond donors (Lipinski definition) is 1. The zero-order chi connectivity index (χ0) is 16.6. The van der Waals surface area contributed by atoms with E-state index in [-0.39, 0.29) is 23.1 Å². The van der Waals surface area contributed by atoms with Crippen LogP contribution in [0.1, 0.15) is 11.4 Å². The summed E-state index contributed by atoms with van der Waals surface area (Å²) in [5, 5.41) is 2.82. The Morgan fingerprint density at radius 3 is 2.87 bits per heavy atom. The summed E-state index contributed by atoms with van der Waals surface area (Å²) >= 11 is 0. The Bertz CT molecular complexity index is 846. The molecule has 3 heterocycles. The smallest absolute Gasteiger partial charge is 0.256 e. The Morgan fingerprint density at radius 1 is 1.39 bits per heavy atom. The lowest BCUT2D eigenvalue weighted by atomic mass is 10.1. The summed E-state index contributed by atoms with van der Waals surface area (Å²) in [6.07, 6.45) is 5.03. The van der Waals surface area contributed by atoms with E-state index in [4.69, 9.17) is 0 Å². The number of carbonyl (C=O) groups is 1. The number of fused-ring (bicyclic) bond motifs is 1. The highest BCUT2D eigenvalue weighted by Gasteiger charge is 2.29. The standard InChI is InChI=1S/C15H18N4O3S/c1-11-5-6-12(18(11)2)10-16-15(20)13-4-3-7-19-8-9-23(21,22)17-14(13)19/h3-7H,8-10H2,1-2H3,(H,16,20). The molecule has 0 saturated heterocycles. The van der Waals surface area contributed by atoms with E-state index in [2.05, 4.69) is 9.71 Å². The van der Waals surface area contributed by atoms with E-state index < -0.39 is 10.0 Å². The van der Waals surface area contributed by atoms with Gasteiger partial charge in [0.1, 0.15) is 0 Å². The second-order valence-electron chi connectivity index (χ2n) is 5.52. The van der Waals surface area contributed by atoms with Gasteiger partial charge in [-0.05, 0) is 31.2 Å². The molecule has 1 amide bonds. The Kier molecular flexibility index (Phi) is 3.85. The first-order valence-corrected chi connectivity index (χ1v) is 8.86. The van der Waals surface area contributed by atoms with Crippen LogP contribution in [0.25, 0.3) is 0 Å². The summed E-state index contributed by atoms with van der Waals surface area (Å²) in [7, 11) is -1.57. The van der Waals surface area contributed by atoms with Crippen LogP contribution >= 0.6 is 0 Å². The molecule has 0 saturated carbocycles. The largest absolute Gasteiger partial charge is 0.350 e. The van der Waals surface area contributed by atoms with Crippen molar-refractivity contribution in [2.24, 2.45) is 11.4 Å². The summed E-state index contributed by atoms with van der Waals surface area (Å²) in [6.45, 7) is 2.66. The molecule has 1 aromatic heterocycles. The van der Waals surface area contributed by atoms with Crippen LogP contribution in [0.5, 0.6) is 0 Å². The summed E-state index contributed by atoms with van der Waals surface area (Å²) in [5.41, 5.74) is 2.34. The molecule has 0 aliphatic carbocycles. The number of hydrogen-bond acceptors (Lipinski definition) is 4. The van der Waals surface area contributed by atoms with Gasteiger partial charge in [-0.25, -0.2) is 8.42 Å². The number of allylic oxidation sites excluding steroid dienone is 2. The van der Waals surface area contributed by atoms with Crippen LogP contribution in [-0.4, -0.2) is 41.9 Å². The van der Waals surface area contributed by atoms with Crippen molar-refractivity contribution in [1.29, 1.82) is 0 Å². The van der Waals surface area contributed by atoms with Crippen LogP contribution in [-0.2, 0) is 28.4 Å². The van der Waals surface area contributed by atoms with Crippen molar-refractivity contribution in [2.75, 3.05) is 12.3 Å². The van der Waals surface area contributed by atoms with Crippen LogP contribution < -0.4 is 5.32 Å². The Labute approximate surface area is 135 Å². The first-order valence-electron chi connectivity index (χ1n) is 7.25. The number of nitrogens with one attached hydrogen (secondary N) is 1. The Hall–Kier alpha value is -2.35. The van der Waals surface area contributed by atoms with Crippen LogP contribution in [0.15, 0.2) is 40.5 Å². The molecular formula is C15H18N4O3S. The third-order valence-corrected chi connectivity index (χ3v) is 5.16. The van der Waals surface area contributed by atoms with Crippen LogP contribution in [0.3, 0.4) is 0 Å². The fraction of sp³-hybridized carbons (Fsp3) is 0.333. The van der Waals surface area contributed by atoms with Gasteiger partial charge in [-0.2, -0.15) is 0 Å². The van der Waals surface area contributed by atoms with Gasteiger partial charge in [0.15, 0.2) is 5.84 Å². The summed E-state index contributed by atoms with van der Waals surface area (Å²) in [4.78, 5) is 14.1. The maximum atomic E-state index is 12.4. The third-order valence-electron chi connectivity index (χ3n) is 4.01. The Morgan fingerprint density at radius 2 is 2.17 bits per heavy atom. The maximum Gasteiger partial charge on any atom is 0.256 e. The van der Waals surface area contributed by atoms with Gasteiger partial charge in [-0.3, -0.25) is 4.79 Å². The fourth-order valence-corrected chi connectivity index (χ4v) is 3.49. The van der Waals surface area contributed by atoms with Crippen LogP contribution in [0.4, 0.5) is 0 Å². The summed E-state index contributed by atoms with van der Waals surface area (Å²) in [5.74, 6) is -0.188. The van der Waals surface area contributed by atoms with Gasteiger partial charge in [0, 0.05) is 31.2 Å². The number of amides is 1. The second kappa shape index (κ2) is 5.69. The molecule has 0 spiro atoms.